The number of likely N-dealkylation sites (N-methyl/N-ethyl adjacent to an activating group) is 2. The molecule has 5 rings (SSSR count). The van der Waals surface area contributed by atoms with Crippen LogP contribution in [0.15, 0.2) is 60.7 Å². The lowest BCUT2D eigenvalue weighted by Gasteiger charge is -2.21. The van der Waals surface area contributed by atoms with Gasteiger partial charge in [-0.15, -0.1) is 0 Å². The third kappa shape index (κ3) is 6.08. The minimum atomic E-state index is -0.459. The number of hydrogen-bond donors (Lipinski definition) is 2. The predicted molar refractivity (Wildman–Crippen MR) is 161 cm³/mol. The zero-order valence-electron chi connectivity index (χ0n) is 24.2. The van der Waals surface area contributed by atoms with Crippen molar-refractivity contribution in [1.82, 2.24) is 9.80 Å². The maximum absolute atomic E-state index is 13.4. The van der Waals surface area contributed by atoms with E-state index in [9.17, 15) is 14.4 Å². The molecule has 42 heavy (non-hydrogen) atoms. The van der Waals surface area contributed by atoms with E-state index in [1.54, 1.807) is 49.2 Å². The summed E-state index contributed by atoms with van der Waals surface area (Å²) in [6, 6.07) is 17.6. The summed E-state index contributed by atoms with van der Waals surface area (Å²) in [6.07, 6.45) is 0. The Balaban J connectivity index is 1.51. The molecular formula is C32H34N4O6. The van der Waals surface area contributed by atoms with Crippen molar-refractivity contribution in [3.05, 3.63) is 82.9 Å². The van der Waals surface area contributed by atoms with E-state index in [-0.39, 0.29) is 18.4 Å². The maximum Gasteiger partial charge on any atom is 0.338 e. The molecule has 0 atom stereocenters. The van der Waals surface area contributed by atoms with Crippen molar-refractivity contribution in [2.75, 3.05) is 64.7 Å². The van der Waals surface area contributed by atoms with Crippen molar-refractivity contribution in [2.24, 2.45) is 0 Å². The van der Waals surface area contributed by atoms with Gasteiger partial charge in [-0.3, -0.25) is 9.59 Å². The van der Waals surface area contributed by atoms with Gasteiger partial charge in [0.1, 0.15) is 13.2 Å². The smallest absolute Gasteiger partial charge is 0.338 e. The number of esters is 1. The molecule has 0 aliphatic carbocycles. The third-order valence-electron chi connectivity index (χ3n) is 6.99. The number of carbonyl (C=O) groups excluding carboxylic acids is 3. The number of anilines is 2. The first-order chi connectivity index (χ1) is 20.2. The first-order valence-corrected chi connectivity index (χ1v) is 13.8. The van der Waals surface area contributed by atoms with E-state index >= 15 is 0 Å². The summed E-state index contributed by atoms with van der Waals surface area (Å²) in [7, 11) is 5.72. The molecule has 0 aromatic heterocycles. The quantitative estimate of drug-likeness (QED) is 0.291. The van der Waals surface area contributed by atoms with E-state index in [1.165, 1.54) is 0 Å². The number of nitrogens with zero attached hydrogens (tertiary/aromatic N) is 2. The SMILES string of the molecule is CCOC(=O)c1ccc2c(c1)NC(=O)C2=C(Nc1ccc(C(=O)N(C)CCN(C)C)cc1)c1ccc2c(c1)OCCO2. The van der Waals surface area contributed by atoms with Crippen LogP contribution in [0.2, 0.25) is 0 Å². The van der Waals surface area contributed by atoms with Crippen molar-refractivity contribution >= 4 is 40.4 Å². The molecule has 3 aromatic carbocycles. The summed E-state index contributed by atoms with van der Waals surface area (Å²) in [6.45, 7) is 4.26. The Morgan fingerprint density at radius 1 is 0.881 bits per heavy atom. The highest BCUT2D eigenvalue weighted by molar-refractivity contribution is 6.37. The van der Waals surface area contributed by atoms with Crippen LogP contribution in [0.1, 0.15) is 38.8 Å². The van der Waals surface area contributed by atoms with Gasteiger partial charge in [0.05, 0.1) is 29.1 Å². The van der Waals surface area contributed by atoms with E-state index < -0.39 is 5.97 Å². The second kappa shape index (κ2) is 12.4. The fraction of sp³-hybridized carbons (Fsp3) is 0.281. The van der Waals surface area contributed by atoms with Crippen molar-refractivity contribution in [1.29, 1.82) is 0 Å². The van der Waals surface area contributed by atoms with Gasteiger partial charge in [0.2, 0.25) is 0 Å². The molecule has 0 spiro atoms. The number of benzene rings is 3. The Hall–Kier alpha value is -4.83. The Bertz CT molecular complexity index is 1550. The number of amides is 2. The fourth-order valence-corrected chi connectivity index (χ4v) is 4.75. The maximum atomic E-state index is 13.4. The predicted octanol–water partition coefficient (Wildman–Crippen LogP) is 4.20. The van der Waals surface area contributed by atoms with E-state index in [2.05, 4.69) is 10.6 Å². The molecule has 0 bridgehead atoms. The molecule has 2 N–H and O–H groups in total. The molecule has 3 aromatic rings. The largest absolute Gasteiger partial charge is 0.486 e. The van der Waals surface area contributed by atoms with Crippen molar-refractivity contribution in [2.45, 2.75) is 6.92 Å². The lowest BCUT2D eigenvalue weighted by molar-refractivity contribution is -0.110. The molecule has 0 unspecified atom stereocenters. The summed E-state index contributed by atoms with van der Waals surface area (Å²) < 4.78 is 16.6. The highest BCUT2D eigenvalue weighted by Crippen LogP contribution is 2.40. The number of carbonyl (C=O) groups is 3. The van der Waals surface area contributed by atoms with Gasteiger partial charge in [0, 0.05) is 42.5 Å². The molecule has 2 amide bonds. The van der Waals surface area contributed by atoms with Crippen LogP contribution in [0, 0.1) is 0 Å². The number of ether oxygens (including phenoxy) is 3. The molecule has 2 aliphatic rings. The summed E-state index contributed by atoms with van der Waals surface area (Å²) >= 11 is 0. The molecule has 0 radical (unpaired) electrons. The minimum absolute atomic E-state index is 0.0738. The Morgan fingerprint density at radius 3 is 2.29 bits per heavy atom. The second-order valence-corrected chi connectivity index (χ2v) is 10.3. The number of nitrogens with one attached hydrogen (secondary N) is 2. The molecule has 218 valence electrons. The van der Waals surface area contributed by atoms with Crippen LogP contribution in [0.3, 0.4) is 0 Å². The highest BCUT2D eigenvalue weighted by Gasteiger charge is 2.30. The molecule has 0 saturated carbocycles. The van der Waals surface area contributed by atoms with Crippen molar-refractivity contribution < 1.29 is 28.6 Å². The van der Waals surface area contributed by atoms with Crippen LogP contribution >= 0.6 is 0 Å². The standard InChI is InChI=1S/C32H34N4O6/c1-5-40-32(39)22-8-12-24-25(18-22)34-30(37)28(24)29(21-9-13-26-27(19-21)42-17-16-41-26)33-23-10-6-20(7-11-23)31(38)36(4)15-14-35(2)3/h6-13,18-19,33H,5,14-17H2,1-4H3,(H,34,37). The van der Waals surface area contributed by atoms with Gasteiger partial charge in [-0.25, -0.2) is 4.79 Å². The zero-order chi connectivity index (χ0) is 29.8. The topological polar surface area (TPSA) is 109 Å². The lowest BCUT2D eigenvalue weighted by Crippen LogP contribution is -2.33. The highest BCUT2D eigenvalue weighted by atomic mass is 16.6. The summed E-state index contributed by atoms with van der Waals surface area (Å²) in [5.74, 6) is 0.356. The first kappa shape index (κ1) is 28.7. The van der Waals surface area contributed by atoms with E-state index in [4.69, 9.17) is 14.2 Å². The molecule has 2 aliphatic heterocycles. The average molecular weight is 571 g/mol. The molecule has 0 fully saturated rings. The Morgan fingerprint density at radius 2 is 1.57 bits per heavy atom. The number of fused-ring (bicyclic) bond motifs is 2. The molecule has 10 nitrogen and oxygen atoms in total. The van der Waals surface area contributed by atoms with Crippen LogP contribution in [0.5, 0.6) is 11.5 Å². The van der Waals surface area contributed by atoms with Gasteiger partial charge in [0.25, 0.3) is 11.8 Å². The van der Waals surface area contributed by atoms with Crippen molar-refractivity contribution in [3.8, 4) is 11.5 Å². The Labute approximate surface area is 244 Å². The van der Waals surface area contributed by atoms with Gasteiger partial charge in [-0.05, 0) is 75.6 Å². The van der Waals surface area contributed by atoms with Crippen LogP contribution in [-0.4, -0.2) is 81.6 Å². The van der Waals surface area contributed by atoms with Gasteiger partial charge in [-0.1, -0.05) is 6.07 Å². The van der Waals surface area contributed by atoms with E-state index in [0.29, 0.717) is 76.2 Å². The second-order valence-electron chi connectivity index (χ2n) is 10.3. The fourth-order valence-electron chi connectivity index (χ4n) is 4.75. The molecular weight excluding hydrogens is 536 g/mol. The average Bonchev–Trinajstić information content (AvgIpc) is 3.33. The number of hydrogen-bond acceptors (Lipinski definition) is 8. The summed E-state index contributed by atoms with van der Waals surface area (Å²) in [4.78, 5) is 42.4. The number of rotatable bonds is 9. The minimum Gasteiger partial charge on any atom is -0.486 e. The summed E-state index contributed by atoms with van der Waals surface area (Å²) in [5, 5.41) is 6.29. The van der Waals surface area contributed by atoms with Gasteiger partial charge in [-0.2, -0.15) is 0 Å². The van der Waals surface area contributed by atoms with Crippen LogP contribution < -0.4 is 20.1 Å². The van der Waals surface area contributed by atoms with Crippen LogP contribution in [-0.2, 0) is 9.53 Å². The van der Waals surface area contributed by atoms with Gasteiger partial charge < -0.3 is 34.6 Å². The first-order valence-electron chi connectivity index (χ1n) is 13.8. The lowest BCUT2D eigenvalue weighted by atomic mass is 9.98. The monoisotopic (exact) mass is 570 g/mol. The zero-order valence-corrected chi connectivity index (χ0v) is 24.2. The molecule has 2 heterocycles. The molecule has 10 heteroatoms. The van der Waals surface area contributed by atoms with Crippen molar-refractivity contribution in [3.63, 3.8) is 0 Å². The van der Waals surface area contributed by atoms with E-state index in [1.807, 2.05) is 49.3 Å². The Kier molecular flexibility index (Phi) is 8.44. The third-order valence-corrected chi connectivity index (χ3v) is 6.99. The van der Waals surface area contributed by atoms with Gasteiger partial charge >= 0.3 is 5.97 Å². The normalized spacial score (nSPS) is 14.6. The van der Waals surface area contributed by atoms with Crippen LogP contribution in [0.4, 0.5) is 11.4 Å². The van der Waals surface area contributed by atoms with E-state index in [0.717, 1.165) is 6.54 Å². The van der Waals surface area contributed by atoms with Crippen LogP contribution in [0.25, 0.3) is 11.3 Å². The summed E-state index contributed by atoms with van der Waals surface area (Å²) in [5.41, 5.74) is 4.39. The molecule has 0 saturated heterocycles. The van der Waals surface area contributed by atoms with Gasteiger partial charge in [0.15, 0.2) is 11.5 Å².